The molecule has 1 aromatic heterocycles. The van der Waals surface area contributed by atoms with E-state index in [4.69, 9.17) is 5.11 Å². The van der Waals surface area contributed by atoms with Gasteiger partial charge in [-0.2, -0.15) is 0 Å². The van der Waals surface area contributed by atoms with Crippen LogP contribution in [0.4, 0.5) is 23.5 Å². The number of halogens is 4. The fourth-order valence-electron chi connectivity index (χ4n) is 1.86. The molecule has 0 fully saturated rings. The van der Waals surface area contributed by atoms with Crippen molar-refractivity contribution >= 4 is 11.9 Å². The van der Waals surface area contributed by atoms with Crippen LogP contribution in [0, 0.1) is 33.4 Å². The minimum Gasteiger partial charge on any atom is -0.478 e. The van der Waals surface area contributed by atoms with Crippen LogP contribution >= 0.6 is 0 Å². The third-order valence-electron chi connectivity index (χ3n) is 2.74. The zero-order chi connectivity index (χ0) is 16.6. The Balaban J connectivity index is 2.77. The Morgan fingerprint density at radius 1 is 1.27 bits per heavy atom. The summed E-state index contributed by atoms with van der Waals surface area (Å²) in [5.74, 6) is -10.6. The molecule has 1 N–H and O–H groups in total. The number of aliphatic carboxylic acids is 1. The summed E-state index contributed by atoms with van der Waals surface area (Å²) in [6.45, 7) is 0. The van der Waals surface area contributed by atoms with Crippen molar-refractivity contribution < 1.29 is 32.4 Å². The lowest BCUT2D eigenvalue weighted by Gasteiger charge is -2.14. The molecule has 7 nitrogen and oxygen atoms in total. The molecule has 1 unspecified atom stereocenters. The van der Waals surface area contributed by atoms with Crippen LogP contribution in [0.5, 0.6) is 0 Å². The molecule has 2 aromatic rings. The maximum atomic E-state index is 13.7. The summed E-state index contributed by atoms with van der Waals surface area (Å²) >= 11 is 0. The van der Waals surface area contributed by atoms with Crippen LogP contribution in [0.25, 0.3) is 0 Å². The quantitative estimate of drug-likeness (QED) is 0.402. The molecule has 0 amide bonds. The SMILES string of the molecule is O=C(O)C(c1c(F)c(F)cc(F)c1F)n1ccnc1[N+](=O)[O-]. The van der Waals surface area contributed by atoms with Gasteiger partial charge in [-0.25, -0.2) is 26.9 Å². The van der Waals surface area contributed by atoms with Gasteiger partial charge in [0.1, 0.15) is 12.4 Å². The minimum atomic E-state index is -2.41. The lowest BCUT2D eigenvalue weighted by atomic mass is 10.0. The smallest absolute Gasteiger partial charge is 0.435 e. The zero-order valence-electron chi connectivity index (χ0n) is 10.3. The second kappa shape index (κ2) is 5.42. The van der Waals surface area contributed by atoms with Gasteiger partial charge in [-0.15, -0.1) is 0 Å². The third-order valence-corrected chi connectivity index (χ3v) is 2.74. The van der Waals surface area contributed by atoms with Crippen molar-refractivity contribution in [2.24, 2.45) is 0 Å². The summed E-state index contributed by atoms with van der Waals surface area (Å²) in [4.78, 5) is 24.1. The van der Waals surface area contributed by atoms with E-state index >= 15 is 0 Å². The standard InChI is InChI=1S/C11H5F4N3O4/c12-4-3-5(13)8(15)6(7(4)14)9(10(19)20)17-2-1-16-11(17)18(21)22/h1-3,9H,(H,19,20). The van der Waals surface area contributed by atoms with Crippen molar-refractivity contribution in [2.45, 2.75) is 6.04 Å². The van der Waals surface area contributed by atoms with Gasteiger partial charge in [-0.05, 0) is 4.92 Å². The Morgan fingerprint density at radius 2 is 1.82 bits per heavy atom. The lowest BCUT2D eigenvalue weighted by molar-refractivity contribution is -0.396. The molecule has 0 radical (unpaired) electrons. The first-order chi connectivity index (χ1) is 10.3. The van der Waals surface area contributed by atoms with Crippen LogP contribution in [-0.4, -0.2) is 25.6 Å². The monoisotopic (exact) mass is 319 g/mol. The number of nitro groups is 1. The largest absolute Gasteiger partial charge is 0.478 e. The molecular weight excluding hydrogens is 314 g/mol. The summed E-state index contributed by atoms with van der Waals surface area (Å²) < 4.78 is 54.2. The first kappa shape index (κ1) is 15.4. The fraction of sp³-hybridized carbons (Fsp3) is 0.0909. The number of imidazole rings is 1. The maximum Gasteiger partial charge on any atom is 0.435 e. The highest BCUT2D eigenvalue weighted by Gasteiger charge is 2.37. The summed E-state index contributed by atoms with van der Waals surface area (Å²) in [6.07, 6.45) is 1.55. The maximum absolute atomic E-state index is 13.7. The van der Waals surface area contributed by atoms with Gasteiger partial charge >= 0.3 is 11.9 Å². The van der Waals surface area contributed by atoms with Crippen LogP contribution in [-0.2, 0) is 4.79 Å². The van der Waals surface area contributed by atoms with Gasteiger partial charge in [0.15, 0.2) is 23.3 Å². The van der Waals surface area contributed by atoms with Crippen LogP contribution < -0.4 is 0 Å². The first-order valence-corrected chi connectivity index (χ1v) is 5.48. The highest BCUT2D eigenvalue weighted by atomic mass is 19.2. The van der Waals surface area contributed by atoms with E-state index < -0.39 is 51.7 Å². The number of aromatic nitrogens is 2. The second-order valence-corrected chi connectivity index (χ2v) is 4.01. The molecule has 0 spiro atoms. The molecule has 0 aliphatic rings. The average Bonchev–Trinajstić information content (AvgIpc) is 2.89. The molecule has 1 heterocycles. The number of benzene rings is 1. The van der Waals surface area contributed by atoms with Crippen LogP contribution in [0.15, 0.2) is 18.5 Å². The molecule has 22 heavy (non-hydrogen) atoms. The second-order valence-electron chi connectivity index (χ2n) is 4.01. The van der Waals surface area contributed by atoms with Crippen LogP contribution in [0.3, 0.4) is 0 Å². The minimum absolute atomic E-state index is 0.102. The van der Waals surface area contributed by atoms with E-state index in [-0.39, 0.29) is 10.6 Å². The van der Waals surface area contributed by atoms with Crippen LogP contribution in [0.1, 0.15) is 11.6 Å². The lowest BCUT2D eigenvalue weighted by Crippen LogP contribution is -2.24. The van der Waals surface area contributed by atoms with Crippen molar-refractivity contribution in [2.75, 3.05) is 0 Å². The van der Waals surface area contributed by atoms with E-state index in [1.165, 1.54) is 0 Å². The van der Waals surface area contributed by atoms with Gasteiger partial charge in [0.25, 0.3) is 0 Å². The molecule has 116 valence electrons. The number of carboxylic acid groups (broad SMARTS) is 1. The Morgan fingerprint density at radius 3 is 2.27 bits per heavy atom. The van der Waals surface area contributed by atoms with Crippen molar-refractivity contribution in [3.63, 3.8) is 0 Å². The molecule has 1 atom stereocenters. The topological polar surface area (TPSA) is 98.3 Å². The highest BCUT2D eigenvalue weighted by molar-refractivity contribution is 5.76. The Hall–Kier alpha value is -2.98. The van der Waals surface area contributed by atoms with E-state index in [1.807, 2.05) is 0 Å². The van der Waals surface area contributed by atoms with Crippen molar-refractivity contribution in [1.82, 2.24) is 9.55 Å². The molecule has 11 heteroatoms. The van der Waals surface area contributed by atoms with Crippen molar-refractivity contribution in [1.29, 1.82) is 0 Å². The average molecular weight is 319 g/mol. The number of hydrogen-bond donors (Lipinski definition) is 1. The van der Waals surface area contributed by atoms with E-state index in [2.05, 4.69) is 4.98 Å². The molecule has 1 aromatic carbocycles. The van der Waals surface area contributed by atoms with Gasteiger partial charge in [-0.1, -0.05) is 4.98 Å². The van der Waals surface area contributed by atoms with Crippen LogP contribution in [0.2, 0.25) is 0 Å². The number of nitrogens with zero attached hydrogens (tertiary/aromatic N) is 3. The summed E-state index contributed by atoms with van der Waals surface area (Å²) in [5.41, 5.74) is -1.51. The van der Waals surface area contributed by atoms with Crippen molar-refractivity contribution in [3.05, 3.63) is 57.4 Å². The normalized spacial score (nSPS) is 12.2. The Bertz CT molecular complexity index is 751. The van der Waals surface area contributed by atoms with E-state index in [9.17, 15) is 32.5 Å². The van der Waals surface area contributed by atoms with Gasteiger partial charge < -0.3 is 15.2 Å². The van der Waals surface area contributed by atoms with Crippen molar-refractivity contribution in [3.8, 4) is 0 Å². The molecule has 0 saturated heterocycles. The predicted molar refractivity (Wildman–Crippen MR) is 60.9 cm³/mol. The fourth-order valence-corrected chi connectivity index (χ4v) is 1.86. The van der Waals surface area contributed by atoms with Gasteiger partial charge in [0, 0.05) is 6.07 Å². The highest BCUT2D eigenvalue weighted by Crippen LogP contribution is 2.30. The first-order valence-electron chi connectivity index (χ1n) is 5.48. The molecular formula is C11H5F4N3O4. The molecule has 0 saturated carbocycles. The van der Waals surface area contributed by atoms with Gasteiger partial charge in [0.2, 0.25) is 6.04 Å². The van der Waals surface area contributed by atoms with E-state index in [0.29, 0.717) is 0 Å². The zero-order valence-corrected chi connectivity index (χ0v) is 10.3. The van der Waals surface area contributed by atoms with Gasteiger partial charge in [0.05, 0.1) is 5.56 Å². The summed E-state index contributed by atoms with van der Waals surface area (Å²) in [6, 6.07) is -2.51. The number of carbonyl (C=O) groups is 1. The van der Waals surface area contributed by atoms with Gasteiger partial charge in [-0.3, -0.25) is 0 Å². The molecule has 2 rings (SSSR count). The predicted octanol–water partition coefficient (Wildman–Crippen LogP) is 2.02. The molecule has 0 aliphatic heterocycles. The molecule has 0 aliphatic carbocycles. The summed E-state index contributed by atoms with van der Waals surface area (Å²) in [7, 11) is 0. The Kier molecular flexibility index (Phi) is 3.80. The summed E-state index contributed by atoms with van der Waals surface area (Å²) in [5, 5.41) is 19.8. The number of carboxylic acids is 1. The number of hydrogen-bond acceptors (Lipinski definition) is 4. The third kappa shape index (κ3) is 2.36. The van der Waals surface area contributed by atoms with E-state index in [0.717, 1.165) is 12.4 Å². The number of rotatable bonds is 4. The molecule has 0 bridgehead atoms. The Labute approximate surface area is 118 Å². The van der Waals surface area contributed by atoms with E-state index in [1.54, 1.807) is 0 Å².